The van der Waals surface area contributed by atoms with Crippen LogP contribution in [0.1, 0.15) is 50.7 Å². The molecule has 3 nitrogen and oxygen atoms in total. The van der Waals surface area contributed by atoms with Gasteiger partial charge in [0.05, 0.1) is 4.90 Å². The van der Waals surface area contributed by atoms with Crippen LogP contribution in [-0.4, -0.2) is 13.0 Å². The second-order valence-electron chi connectivity index (χ2n) is 5.77. The van der Waals surface area contributed by atoms with Gasteiger partial charge in [-0.15, -0.1) is 0 Å². The van der Waals surface area contributed by atoms with Crippen LogP contribution >= 0.6 is 0 Å². The van der Waals surface area contributed by atoms with Crippen LogP contribution in [0.15, 0.2) is 35.2 Å². The van der Waals surface area contributed by atoms with E-state index in [9.17, 15) is 13.0 Å². The van der Waals surface area contributed by atoms with Crippen LogP contribution in [0.25, 0.3) is 10.8 Å². The molecule has 2 aromatic carbocycles. The average Bonchev–Trinajstić information content (AvgIpc) is 2.49. The van der Waals surface area contributed by atoms with Crippen LogP contribution in [0.2, 0.25) is 0 Å². The van der Waals surface area contributed by atoms with E-state index in [-0.39, 0.29) is 4.90 Å². The Kier molecular flexibility index (Phi) is 5.59. The van der Waals surface area contributed by atoms with Gasteiger partial charge in [-0.1, -0.05) is 44.9 Å². The lowest BCUT2D eigenvalue weighted by atomic mass is 9.94. The van der Waals surface area contributed by atoms with Crippen molar-refractivity contribution in [3.8, 4) is 0 Å². The molecule has 0 aliphatic carbocycles. The highest BCUT2D eigenvalue weighted by Crippen LogP contribution is 2.28. The summed E-state index contributed by atoms with van der Waals surface area (Å²) >= 11 is 0. The summed E-state index contributed by atoms with van der Waals surface area (Å²) in [5.41, 5.74) is 2.40. The molecule has 0 amide bonds. The van der Waals surface area contributed by atoms with Gasteiger partial charge in [-0.2, -0.15) is 8.42 Å². The van der Waals surface area contributed by atoms with E-state index < -0.39 is 10.1 Å². The first-order valence-electron chi connectivity index (χ1n) is 7.99. The van der Waals surface area contributed by atoms with Gasteiger partial charge < -0.3 is 0 Å². The molecular formula is C18H24O3S. The van der Waals surface area contributed by atoms with E-state index in [0.717, 1.165) is 54.9 Å². The highest BCUT2D eigenvalue weighted by molar-refractivity contribution is 7.85. The lowest BCUT2D eigenvalue weighted by Crippen LogP contribution is -1.99. The molecule has 0 bridgehead atoms. The highest BCUT2D eigenvalue weighted by Gasteiger charge is 2.13. The number of hydrogen-bond donors (Lipinski definition) is 1. The van der Waals surface area contributed by atoms with E-state index in [0.29, 0.717) is 0 Å². The molecule has 0 unspecified atom stereocenters. The van der Waals surface area contributed by atoms with Gasteiger partial charge in [0.15, 0.2) is 0 Å². The van der Waals surface area contributed by atoms with Crippen molar-refractivity contribution in [3.05, 3.63) is 41.5 Å². The number of rotatable bonds is 7. The van der Waals surface area contributed by atoms with Crippen molar-refractivity contribution in [2.45, 2.75) is 57.3 Å². The molecule has 0 aromatic heterocycles. The van der Waals surface area contributed by atoms with Crippen molar-refractivity contribution >= 4 is 20.9 Å². The molecule has 0 atom stereocenters. The summed E-state index contributed by atoms with van der Waals surface area (Å²) in [5, 5.41) is 2.06. The topological polar surface area (TPSA) is 54.4 Å². The summed E-state index contributed by atoms with van der Waals surface area (Å²) in [7, 11) is -4.16. The van der Waals surface area contributed by atoms with Gasteiger partial charge in [-0.25, -0.2) is 0 Å². The number of benzene rings is 2. The summed E-state index contributed by atoms with van der Waals surface area (Å²) in [4.78, 5) is -0.0228. The number of hydrogen-bond acceptors (Lipinski definition) is 2. The minimum Gasteiger partial charge on any atom is -0.282 e. The SMILES string of the molecule is CCCCc1ccc(CCCC)c2cc(S(=O)(=O)O)ccc12. The standard InChI is InChI=1S/C18H24O3S/c1-3-5-7-14-9-10-15(8-6-4-2)18-13-16(22(19,20)21)11-12-17(14)18/h9-13H,3-8H2,1-2H3,(H,19,20,21). The van der Waals surface area contributed by atoms with Gasteiger partial charge in [0, 0.05) is 0 Å². The van der Waals surface area contributed by atoms with E-state index in [2.05, 4.69) is 26.0 Å². The Hall–Kier alpha value is -1.39. The van der Waals surface area contributed by atoms with Crippen molar-refractivity contribution in [2.75, 3.05) is 0 Å². The van der Waals surface area contributed by atoms with Crippen molar-refractivity contribution in [2.24, 2.45) is 0 Å². The fraction of sp³-hybridized carbons (Fsp3) is 0.444. The summed E-state index contributed by atoms with van der Waals surface area (Å²) in [5.74, 6) is 0. The molecule has 4 heteroatoms. The minimum atomic E-state index is -4.16. The Morgan fingerprint density at radius 3 is 1.91 bits per heavy atom. The molecular weight excluding hydrogens is 296 g/mol. The van der Waals surface area contributed by atoms with Gasteiger partial charge in [-0.05, 0) is 59.7 Å². The fourth-order valence-electron chi connectivity index (χ4n) is 2.78. The second-order valence-corrected chi connectivity index (χ2v) is 7.19. The molecule has 0 fully saturated rings. The lowest BCUT2D eigenvalue weighted by molar-refractivity contribution is 0.483. The van der Waals surface area contributed by atoms with E-state index in [1.54, 1.807) is 6.07 Å². The maximum absolute atomic E-state index is 11.4. The molecule has 0 saturated heterocycles. The van der Waals surface area contributed by atoms with Gasteiger partial charge in [0.2, 0.25) is 0 Å². The number of unbranched alkanes of at least 4 members (excludes halogenated alkanes) is 2. The zero-order valence-electron chi connectivity index (χ0n) is 13.3. The Bertz CT molecular complexity index is 748. The maximum Gasteiger partial charge on any atom is 0.294 e. The van der Waals surface area contributed by atoms with Crippen LogP contribution in [0, 0.1) is 0 Å². The molecule has 2 aromatic rings. The monoisotopic (exact) mass is 320 g/mol. The Morgan fingerprint density at radius 2 is 1.41 bits per heavy atom. The quantitative estimate of drug-likeness (QED) is 0.747. The van der Waals surface area contributed by atoms with Crippen molar-refractivity contribution < 1.29 is 13.0 Å². The predicted octanol–water partition coefficient (Wildman–Crippen LogP) is 4.77. The molecule has 120 valence electrons. The van der Waals surface area contributed by atoms with E-state index in [1.165, 1.54) is 11.6 Å². The summed E-state index contributed by atoms with van der Waals surface area (Å²) in [6.07, 6.45) is 6.32. The smallest absolute Gasteiger partial charge is 0.282 e. The molecule has 2 rings (SSSR count). The molecule has 0 aliphatic heterocycles. The third kappa shape index (κ3) is 3.87. The maximum atomic E-state index is 11.4. The second kappa shape index (κ2) is 7.25. The van der Waals surface area contributed by atoms with Gasteiger partial charge in [0.1, 0.15) is 0 Å². The van der Waals surface area contributed by atoms with Crippen LogP contribution < -0.4 is 0 Å². The number of fused-ring (bicyclic) bond motifs is 1. The predicted molar refractivity (Wildman–Crippen MR) is 91.0 cm³/mol. The van der Waals surface area contributed by atoms with Crippen molar-refractivity contribution in [1.29, 1.82) is 0 Å². The van der Waals surface area contributed by atoms with Crippen molar-refractivity contribution in [3.63, 3.8) is 0 Å². The van der Waals surface area contributed by atoms with E-state index in [1.807, 2.05) is 6.07 Å². The Labute approximate surface area is 133 Å². The molecule has 0 spiro atoms. The largest absolute Gasteiger partial charge is 0.294 e. The highest BCUT2D eigenvalue weighted by atomic mass is 32.2. The van der Waals surface area contributed by atoms with Crippen LogP contribution in [-0.2, 0) is 23.0 Å². The van der Waals surface area contributed by atoms with E-state index >= 15 is 0 Å². The van der Waals surface area contributed by atoms with Gasteiger partial charge >= 0.3 is 0 Å². The molecule has 0 heterocycles. The fourth-order valence-corrected chi connectivity index (χ4v) is 3.29. The first kappa shape index (κ1) is 17.0. The molecule has 0 saturated carbocycles. The lowest BCUT2D eigenvalue weighted by Gasteiger charge is -2.12. The molecule has 22 heavy (non-hydrogen) atoms. The number of aryl methyl sites for hydroxylation is 2. The first-order chi connectivity index (χ1) is 10.5. The average molecular weight is 320 g/mol. The first-order valence-corrected chi connectivity index (χ1v) is 9.43. The van der Waals surface area contributed by atoms with Crippen molar-refractivity contribution in [1.82, 2.24) is 0 Å². The third-order valence-electron chi connectivity index (χ3n) is 4.07. The summed E-state index contributed by atoms with van der Waals surface area (Å²) in [6, 6.07) is 9.22. The van der Waals surface area contributed by atoms with E-state index in [4.69, 9.17) is 0 Å². The molecule has 1 N–H and O–H groups in total. The molecule has 0 aliphatic rings. The van der Waals surface area contributed by atoms with Crippen LogP contribution in [0.5, 0.6) is 0 Å². The normalized spacial score (nSPS) is 12.0. The summed E-state index contributed by atoms with van der Waals surface area (Å²) < 4.78 is 32.1. The minimum absolute atomic E-state index is 0.0228. The Balaban J connectivity index is 2.59. The van der Waals surface area contributed by atoms with Gasteiger partial charge in [0.25, 0.3) is 10.1 Å². The van der Waals surface area contributed by atoms with Crippen LogP contribution in [0.3, 0.4) is 0 Å². The zero-order valence-corrected chi connectivity index (χ0v) is 14.1. The van der Waals surface area contributed by atoms with Gasteiger partial charge in [-0.3, -0.25) is 4.55 Å². The molecule has 0 radical (unpaired) electrons. The Morgan fingerprint density at radius 1 is 0.864 bits per heavy atom. The van der Waals surface area contributed by atoms with Crippen LogP contribution in [0.4, 0.5) is 0 Å². The third-order valence-corrected chi connectivity index (χ3v) is 4.92. The summed E-state index contributed by atoms with van der Waals surface area (Å²) in [6.45, 7) is 4.30. The zero-order chi connectivity index (χ0) is 16.2.